The molecular weight excluding hydrogens is 266 g/mol. The number of benzene rings is 1. The summed E-state index contributed by atoms with van der Waals surface area (Å²) in [6.45, 7) is -0.460. The van der Waals surface area contributed by atoms with Crippen LogP contribution in [0.2, 0.25) is 0 Å². The second-order valence-electron chi connectivity index (χ2n) is 4.81. The molecule has 6 heteroatoms. The number of nitrogens with zero attached hydrogens (tertiary/aromatic N) is 1. The Morgan fingerprint density at radius 2 is 2.00 bits per heavy atom. The Morgan fingerprint density at radius 1 is 1.42 bits per heavy atom. The molecule has 0 aromatic heterocycles. The predicted molar refractivity (Wildman–Crippen MR) is 69.5 cm³/mol. The molecule has 0 amide bonds. The number of nitriles is 1. The lowest BCUT2D eigenvalue weighted by molar-refractivity contribution is 0.242. The zero-order valence-electron chi connectivity index (χ0n) is 10.7. The summed E-state index contributed by atoms with van der Waals surface area (Å²) < 4.78 is 28.5. The summed E-state index contributed by atoms with van der Waals surface area (Å²) in [7, 11) is -1.85. The highest BCUT2D eigenvalue weighted by Gasteiger charge is 2.70. The van der Waals surface area contributed by atoms with Gasteiger partial charge in [0, 0.05) is 12.2 Å². The van der Waals surface area contributed by atoms with E-state index in [1.54, 1.807) is 31.4 Å². The van der Waals surface area contributed by atoms with Gasteiger partial charge in [0.1, 0.15) is 11.2 Å². The van der Waals surface area contributed by atoms with E-state index in [9.17, 15) is 18.8 Å². The average Bonchev–Trinajstić information content (AvgIpc) is 3.09. The SMILES string of the molecule is COc1ccc([C@@H]2[C@@H](S(C)(=O)=O)[C@@]2(C#N)CO)cc1. The van der Waals surface area contributed by atoms with E-state index in [2.05, 4.69) is 0 Å². The van der Waals surface area contributed by atoms with Gasteiger partial charge in [0.25, 0.3) is 0 Å². The molecule has 5 nitrogen and oxygen atoms in total. The van der Waals surface area contributed by atoms with Crippen molar-refractivity contribution in [2.45, 2.75) is 11.2 Å². The maximum absolute atomic E-state index is 11.7. The summed E-state index contributed by atoms with van der Waals surface area (Å²) in [5.41, 5.74) is -0.492. The molecule has 102 valence electrons. The van der Waals surface area contributed by atoms with Gasteiger partial charge in [-0.15, -0.1) is 0 Å². The molecule has 0 radical (unpaired) electrons. The number of hydrogen-bond donors (Lipinski definition) is 1. The van der Waals surface area contributed by atoms with E-state index in [-0.39, 0.29) is 0 Å². The highest BCUT2D eigenvalue weighted by atomic mass is 32.2. The molecule has 1 N–H and O–H groups in total. The molecule has 0 aliphatic heterocycles. The average molecular weight is 281 g/mol. The van der Waals surface area contributed by atoms with E-state index in [4.69, 9.17) is 4.74 Å². The number of methoxy groups -OCH3 is 1. The minimum absolute atomic E-state index is 0.460. The highest BCUT2D eigenvalue weighted by molar-refractivity contribution is 7.91. The normalized spacial score (nSPS) is 29.6. The van der Waals surface area contributed by atoms with Crippen molar-refractivity contribution in [1.82, 2.24) is 0 Å². The number of ether oxygens (including phenoxy) is 1. The Bertz CT molecular complexity index is 617. The van der Waals surface area contributed by atoms with E-state index in [0.29, 0.717) is 5.75 Å². The van der Waals surface area contributed by atoms with Gasteiger partial charge in [-0.3, -0.25) is 0 Å². The van der Waals surface area contributed by atoms with Crippen LogP contribution in [0.1, 0.15) is 11.5 Å². The molecule has 1 aromatic rings. The van der Waals surface area contributed by atoms with Crippen molar-refractivity contribution < 1.29 is 18.3 Å². The summed E-state index contributed by atoms with van der Waals surface area (Å²) in [5, 5.41) is 17.8. The zero-order valence-corrected chi connectivity index (χ0v) is 11.5. The smallest absolute Gasteiger partial charge is 0.152 e. The van der Waals surface area contributed by atoms with Gasteiger partial charge < -0.3 is 9.84 Å². The monoisotopic (exact) mass is 281 g/mol. The van der Waals surface area contributed by atoms with Crippen molar-refractivity contribution in [2.75, 3.05) is 20.0 Å². The Hall–Kier alpha value is -1.58. The quantitative estimate of drug-likeness (QED) is 0.878. The van der Waals surface area contributed by atoms with Gasteiger partial charge in [0.2, 0.25) is 0 Å². The molecule has 1 aromatic carbocycles. The van der Waals surface area contributed by atoms with Gasteiger partial charge in [-0.05, 0) is 17.7 Å². The number of hydrogen-bond acceptors (Lipinski definition) is 5. The molecule has 1 aliphatic carbocycles. The van der Waals surface area contributed by atoms with E-state index in [1.807, 2.05) is 6.07 Å². The van der Waals surface area contributed by atoms with E-state index >= 15 is 0 Å². The van der Waals surface area contributed by atoms with Crippen LogP contribution in [0, 0.1) is 16.7 Å². The molecule has 0 heterocycles. The fraction of sp³-hybridized carbons (Fsp3) is 0.462. The van der Waals surface area contributed by atoms with Crippen molar-refractivity contribution in [1.29, 1.82) is 5.26 Å². The summed E-state index contributed by atoms with van der Waals surface area (Å²) in [5.74, 6) is 0.176. The topological polar surface area (TPSA) is 87.4 Å². The Balaban J connectivity index is 2.41. The minimum atomic E-state index is -3.39. The van der Waals surface area contributed by atoms with Crippen LogP contribution in [0.4, 0.5) is 0 Å². The maximum atomic E-state index is 11.7. The lowest BCUT2D eigenvalue weighted by atomic mass is 10.0. The summed E-state index contributed by atoms with van der Waals surface area (Å²) >= 11 is 0. The Kier molecular flexibility index (Phi) is 3.29. The number of rotatable bonds is 4. The molecular formula is C13H15NO4S. The zero-order chi connectivity index (χ0) is 14.3. The minimum Gasteiger partial charge on any atom is -0.497 e. The van der Waals surface area contributed by atoms with Gasteiger partial charge in [-0.25, -0.2) is 8.42 Å². The van der Waals surface area contributed by atoms with Crippen LogP contribution in [-0.4, -0.2) is 38.7 Å². The van der Waals surface area contributed by atoms with Crippen LogP contribution in [0.3, 0.4) is 0 Å². The van der Waals surface area contributed by atoms with Gasteiger partial charge in [-0.1, -0.05) is 12.1 Å². The van der Waals surface area contributed by atoms with Crippen molar-refractivity contribution in [3.63, 3.8) is 0 Å². The third-order valence-electron chi connectivity index (χ3n) is 3.66. The first kappa shape index (κ1) is 13.8. The molecule has 0 bridgehead atoms. The molecule has 1 saturated carbocycles. The third kappa shape index (κ3) is 2.09. The maximum Gasteiger partial charge on any atom is 0.152 e. The van der Waals surface area contributed by atoms with Gasteiger partial charge in [-0.2, -0.15) is 5.26 Å². The number of sulfone groups is 1. The van der Waals surface area contributed by atoms with Crippen LogP contribution in [0.5, 0.6) is 5.75 Å². The van der Waals surface area contributed by atoms with E-state index in [0.717, 1.165) is 11.8 Å². The van der Waals surface area contributed by atoms with Crippen LogP contribution < -0.4 is 4.74 Å². The first-order valence-electron chi connectivity index (χ1n) is 5.75. The standard InChI is InChI=1S/C13H15NO4S/c1-18-10-5-3-9(4-6-10)11-12(19(2,16)17)13(11,7-14)8-15/h3-6,11-12,15H,8H2,1-2H3/t11-,12-,13+/m1/s1. The number of aliphatic hydroxyl groups is 1. The first-order valence-corrected chi connectivity index (χ1v) is 7.71. The largest absolute Gasteiger partial charge is 0.497 e. The first-order chi connectivity index (χ1) is 8.90. The third-order valence-corrected chi connectivity index (χ3v) is 5.28. The highest BCUT2D eigenvalue weighted by Crippen LogP contribution is 2.62. The number of aliphatic hydroxyl groups excluding tert-OH is 1. The Morgan fingerprint density at radius 3 is 2.32 bits per heavy atom. The van der Waals surface area contributed by atoms with Crippen LogP contribution in [-0.2, 0) is 9.84 Å². The summed E-state index contributed by atoms with van der Waals surface area (Å²) in [6.07, 6.45) is 1.10. The van der Waals surface area contributed by atoms with Crippen LogP contribution >= 0.6 is 0 Å². The molecule has 2 rings (SSSR count). The van der Waals surface area contributed by atoms with Crippen molar-refractivity contribution in [3.8, 4) is 11.8 Å². The van der Waals surface area contributed by atoms with E-state index < -0.39 is 33.0 Å². The second-order valence-corrected chi connectivity index (χ2v) is 6.98. The lowest BCUT2D eigenvalue weighted by Crippen LogP contribution is -2.16. The van der Waals surface area contributed by atoms with E-state index in [1.165, 1.54) is 0 Å². The van der Waals surface area contributed by atoms with Gasteiger partial charge in [0.05, 0.1) is 25.0 Å². The van der Waals surface area contributed by atoms with Crippen molar-refractivity contribution >= 4 is 9.84 Å². The van der Waals surface area contributed by atoms with Gasteiger partial charge >= 0.3 is 0 Å². The fourth-order valence-corrected chi connectivity index (χ4v) is 4.53. The molecule has 0 unspecified atom stereocenters. The van der Waals surface area contributed by atoms with Crippen LogP contribution in [0.15, 0.2) is 24.3 Å². The van der Waals surface area contributed by atoms with Crippen molar-refractivity contribution in [3.05, 3.63) is 29.8 Å². The molecule has 3 atom stereocenters. The fourth-order valence-electron chi connectivity index (χ4n) is 2.67. The predicted octanol–water partition coefficient (Wildman–Crippen LogP) is 0.708. The Labute approximate surface area is 112 Å². The second kappa shape index (κ2) is 4.51. The summed E-state index contributed by atoms with van der Waals surface area (Å²) in [4.78, 5) is 0. The molecule has 0 saturated heterocycles. The molecule has 1 aliphatic rings. The molecule has 1 fully saturated rings. The van der Waals surface area contributed by atoms with Crippen molar-refractivity contribution in [2.24, 2.45) is 5.41 Å². The molecule has 0 spiro atoms. The summed E-state index contributed by atoms with van der Waals surface area (Å²) in [6, 6.07) is 8.87. The molecule has 19 heavy (non-hydrogen) atoms. The lowest BCUT2D eigenvalue weighted by Gasteiger charge is -2.04. The van der Waals surface area contributed by atoms with Crippen LogP contribution in [0.25, 0.3) is 0 Å². The van der Waals surface area contributed by atoms with Gasteiger partial charge in [0.15, 0.2) is 9.84 Å².